The standard InChI is InChI=1S/C12H14N4O3/c1-14-4-5-15(12(19)11(14)18)6-7-16-8-9(13)2-3-10(16)17/h2-5,8H,6-7,13H2,1H3. The number of pyridine rings is 1. The van der Waals surface area contributed by atoms with Gasteiger partial charge in [0.05, 0.1) is 0 Å². The summed E-state index contributed by atoms with van der Waals surface area (Å²) in [4.78, 5) is 34.7. The quantitative estimate of drug-likeness (QED) is 0.717. The molecule has 0 radical (unpaired) electrons. The maximum atomic E-state index is 11.7. The third kappa shape index (κ3) is 2.65. The summed E-state index contributed by atoms with van der Waals surface area (Å²) in [5.74, 6) is 0. The van der Waals surface area contributed by atoms with Gasteiger partial charge in [-0.25, -0.2) is 0 Å². The van der Waals surface area contributed by atoms with Crippen molar-refractivity contribution in [3.63, 3.8) is 0 Å². The van der Waals surface area contributed by atoms with E-state index in [0.29, 0.717) is 5.69 Å². The normalized spacial score (nSPS) is 10.6. The molecule has 2 aromatic rings. The molecule has 0 bridgehead atoms. The van der Waals surface area contributed by atoms with Gasteiger partial charge in [0.1, 0.15) is 0 Å². The maximum Gasteiger partial charge on any atom is 0.316 e. The van der Waals surface area contributed by atoms with Crippen molar-refractivity contribution >= 4 is 5.69 Å². The average molecular weight is 262 g/mol. The fourth-order valence-electron chi connectivity index (χ4n) is 1.71. The van der Waals surface area contributed by atoms with Crippen molar-refractivity contribution in [1.82, 2.24) is 13.7 Å². The van der Waals surface area contributed by atoms with Crippen molar-refractivity contribution in [2.24, 2.45) is 7.05 Å². The molecule has 0 fully saturated rings. The Balaban J connectivity index is 2.27. The molecule has 0 aromatic carbocycles. The summed E-state index contributed by atoms with van der Waals surface area (Å²) >= 11 is 0. The van der Waals surface area contributed by atoms with E-state index in [0.717, 1.165) is 0 Å². The highest BCUT2D eigenvalue weighted by molar-refractivity contribution is 5.33. The molecule has 2 heterocycles. The van der Waals surface area contributed by atoms with E-state index >= 15 is 0 Å². The summed E-state index contributed by atoms with van der Waals surface area (Å²) in [6.07, 6.45) is 4.53. The minimum Gasteiger partial charge on any atom is -0.398 e. The first-order valence-corrected chi connectivity index (χ1v) is 5.71. The molecule has 0 unspecified atom stereocenters. The summed E-state index contributed by atoms with van der Waals surface area (Å²) in [5, 5.41) is 0. The highest BCUT2D eigenvalue weighted by atomic mass is 16.2. The first kappa shape index (κ1) is 12.9. The smallest absolute Gasteiger partial charge is 0.316 e. The predicted octanol–water partition coefficient (Wildman–Crippen LogP) is -1.01. The number of aromatic nitrogens is 3. The Labute approximate surface area is 108 Å². The lowest BCUT2D eigenvalue weighted by molar-refractivity contribution is 0.542. The predicted molar refractivity (Wildman–Crippen MR) is 71.1 cm³/mol. The lowest BCUT2D eigenvalue weighted by atomic mass is 10.4. The zero-order chi connectivity index (χ0) is 14.0. The Morgan fingerprint density at radius 3 is 2.42 bits per heavy atom. The van der Waals surface area contributed by atoms with Crippen LogP contribution in [0, 0.1) is 0 Å². The Hall–Kier alpha value is -2.57. The molecule has 0 amide bonds. The van der Waals surface area contributed by atoms with Gasteiger partial charge in [-0.1, -0.05) is 0 Å². The molecule has 0 atom stereocenters. The Bertz CT molecular complexity index is 770. The molecule has 2 aromatic heterocycles. The van der Waals surface area contributed by atoms with E-state index in [4.69, 9.17) is 5.73 Å². The van der Waals surface area contributed by atoms with Crippen LogP contribution in [0.4, 0.5) is 5.69 Å². The van der Waals surface area contributed by atoms with Gasteiger partial charge < -0.3 is 19.4 Å². The lowest BCUT2D eigenvalue weighted by Crippen LogP contribution is -2.40. The second kappa shape index (κ2) is 4.97. The molecular formula is C12H14N4O3. The molecule has 0 aliphatic carbocycles. The van der Waals surface area contributed by atoms with Crippen LogP contribution < -0.4 is 22.4 Å². The molecule has 2 rings (SSSR count). The van der Waals surface area contributed by atoms with Gasteiger partial charge in [0.15, 0.2) is 0 Å². The lowest BCUT2D eigenvalue weighted by Gasteiger charge is -2.08. The van der Waals surface area contributed by atoms with Crippen LogP contribution in [-0.4, -0.2) is 13.7 Å². The number of aryl methyl sites for hydroxylation is 3. The number of anilines is 1. The van der Waals surface area contributed by atoms with Crippen LogP contribution in [0.1, 0.15) is 0 Å². The number of rotatable bonds is 3. The fraction of sp³-hybridized carbons (Fsp3) is 0.250. The average Bonchev–Trinajstić information content (AvgIpc) is 2.39. The molecule has 0 spiro atoms. The van der Waals surface area contributed by atoms with Gasteiger partial charge in [-0.3, -0.25) is 14.4 Å². The van der Waals surface area contributed by atoms with E-state index < -0.39 is 11.1 Å². The van der Waals surface area contributed by atoms with Gasteiger partial charge in [-0.15, -0.1) is 0 Å². The molecule has 7 nitrogen and oxygen atoms in total. The Morgan fingerprint density at radius 2 is 1.68 bits per heavy atom. The van der Waals surface area contributed by atoms with Gasteiger partial charge in [-0.2, -0.15) is 0 Å². The third-order valence-electron chi connectivity index (χ3n) is 2.82. The number of hydrogen-bond acceptors (Lipinski definition) is 4. The Kier molecular flexibility index (Phi) is 3.37. The first-order chi connectivity index (χ1) is 8.99. The highest BCUT2D eigenvalue weighted by Gasteiger charge is 2.03. The summed E-state index contributed by atoms with van der Waals surface area (Å²) in [6.45, 7) is 0.509. The van der Waals surface area contributed by atoms with Crippen molar-refractivity contribution in [3.8, 4) is 0 Å². The SMILES string of the molecule is Cn1ccn(CCn2cc(N)ccc2=O)c(=O)c1=O. The second-order valence-corrected chi connectivity index (χ2v) is 4.21. The van der Waals surface area contributed by atoms with E-state index in [1.807, 2.05) is 0 Å². The molecular weight excluding hydrogens is 248 g/mol. The van der Waals surface area contributed by atoms with Crippen molar-refractivity contribution in [2.45, 2.75) is 13.1 Å². The summed E-state index contributed by atoms with van der Waals surface area (Å²) in [5.41, 5.74) is 4.65. The third-order valence-corrected chi connectivity index (χ3v) is 2.82. The van der Waals surface area contributed by atoms with Crippen molar-refractivity contribution < 1.29 is 0 Å². The van der Waals surface area contributed by atoms with Gasteiger partial charge in [0.25, 0.3) is 5.56 Å². The summed E-state index contributed by atoms with van der Waals surface area (Å²) in [7, 11) is 1.51. The van der Waals surface area contributed by atoms with Crippen LogP contribution in [0.25, 0.3) is 0 Å². The Morgan fingerprint density at radius 1 is 1.00 bits per heavy atom. The maximum absolute atomic E-state index is 11.7. The zero-order valence-corrected chi connectivity index (χ0v) is 10.4. The van der Waals surface area contributed by atoms with Crippen molar-refractivity contribution in [3.05, 3.63) is 61.8 Å². The number of hydrogen-bond donors (Lipinski definition) is 1. The van der Waals surface area contributed by atoms with E-state index in [-0.39, 0.29) is 18.6 Å². The highest BCUT2D eigenvalue weighted by Crippen LogP contribution is 1.96. The van der Waals surface area contributed by atoms with Crippen LogP contribution in [0.2, 0.25) is 0 Å². The van der Waals surface area contributed by atoms with Gasteiger partial charge in [-0.05, 0) is 6.07 Å². The van der Waals surface area contributed by atoms with Crippen LogP contribution in [0.3, 0.4) is 0 Å². The number of nitrogens with two attached hydrogens (primary N) is 1. The molecule has 2 N–H and O–H groups in total. The van der Waals surface area contributed by atoms with E-state index in [1.165, 1.54) is 51.5 Å². The largest absolute Gasteiger partial charge is 0.398 e. The molecule has 7 heteroatoms. The minimum atomic E-state index is -0.609. The van der Waals surface area contributed by atoms with Crippen LogP contribution in [0.15, 0.2) is 45.1 Å². The molecule has 19 heavy (non-hydrogen) atoms. The number of nitrogens with zero attached hydrogens (tertiary/aromatic N) is 3. The van der Waals surface area contributed by atoms with Crippen molar-refractivity contribution in [2.75, 3.05) is 5.73 Å². The van der Waals surface area contributed by atoms with E-state index in [2.05, 4.69) is 0 Å². The molecule has 0 saturated heterocycles. The van der Waals surface area contributed by atoms with Crippen LogP contribution >= 0.6 is 0 Å². The van der Waals surface area contributed by atoms with Crippen molar-refractivity contribution in [1.29, 1.82) is 0 Å². The van der Waals surface area contributed by atoms with E-state index in [1.54, 1.807) is 0 Å². The first-order valence-electron chi connectivity index (χ1n) is 5.71. The second-order valence-electron chi connectivity index (χ2n) is 4.21. The minimum absolute atomic E-state index is 0.203. The number of nitrogen functional groups attached to an aromatic ring is 1. The van der Waals surface area contributed by atoms with Gasteiger partial charge >= 0.3 is 11.1 Å². The zero-order valence-electron chi connectivity index (χ0n) is 10.4. The molecule has 100 valence electrons. The summed E-state index contributed by atoms with van der Waals surface area (Å²) < 4.78 is 3.89. The summed E-state index contributed by atoms with van der Waals surface area (Å²) in [6, 6.07) is 2.88. The van der Waals surface area contributed by atoms with Crippen LogP contribution in [0.5, 0.6) is 0 Å². The molecule has 0 aliphatic heterocycles. The van der Waals surface area contributed by atoms with Gasteiger partial charge in [0.2, 0.25) is 0 Å². The molecule has 0 saturated carbocycles. The van der Waals surface area contributed by atoms with Gasteiger partial charge in [0, 0.05) is 50.5 Å². The topological polar surface area (TPSA) is 92.0 Å². The fourth-order valence-corrected chi connectivity index (χ4v) is 1.71. The molecule has 0 aliphatic rings. The monoisotopic (exact) mass is 262 g/mol. The van der Waals surface area contributed by atoms with Crippen LogP contribution in [-0.2, 0) is 20.1 Å². The van der Waals surface area contributed by atoms with E-state index in [9.17, 15) is 14.4 Å².